The molecule has 6 atom stereocenters. The summed E-state index contributed by atoms with van der Waals surface area (Å²) >= 11 is 6.81. The van der Waals surface area contributed by atoms with Crippen LogP contribution < -0.4 is 16.3 Å². The van der Waals surface area contributed by atoms with E-state index in [2.05, 4.69) is 5.09 Å². The quantitative estimate of drug-likeness (QED) is 0.135. The van der Waals surface area contributed by atoms with Crippen LogP contribution in [0.15, 0.2) is 21.9 Å². The number of aliphatic hydroxyl groups is 1. The normalized spacial score (nSPS) is 25.8. The molecule has 39 heavy (non-hydrogen) atoms. The minimum Gasteiger partial charge on any atom is -0.462 e. The van der Waals surface area contributed by atoms with Gasteiger partial charge in [0.1, 0.15) is 18.2 Å². The summed E-state index contributed by atoms with van der Waals surface area (Å²) in [6, 6.07) is -0.239. The number of aliphatic hydroxyl groups excluding tert-OH is 1. The van der Waals surface area contributed by atoms with Crippen LogP contribution in [0, 0.1) is 5.41 Å². The van der Waals surface area contributed by atoms with Crippen molar-refractivity contribution in [3.05, 3.63) is 33.1 Å². The highest BCUT2D eigenvalue weighted by atomic mass is 35.5. The van der Waals surface area contributed by atoms with E-state index in [4.69, 9.17) is 30.1 Å². The number of alkyl halides is 2. The van der Waals surface area contributed by atoms with Crippen LogP contribution in [-0.2, 0) is 32.7 Å². The number of hydrogen-bond donors (Lipinski definition) is 3. The number of rotatable bonds is 12. The second kappa shape index (κ2) is 13.4. The van der Waals surface area contributed by atoms with Crippen LogP contribution in [0.25, 0.3) is 0 Å². The summed E-state index contributed by atoms with van der Waals surface area (Å²) < 4.78 is 50.6. The van der Waals surface area contributed by atoms with Crippen LogP contribution in [0.1, 0.15) is 47.8 Å². The Labute approximate surface area is 233 Å². The molecule has 17 heteroatoms. The number of H-pyrrole nitrogens is 1. The molecule has 1 aliphatic rings. The fourth-order valence-electron chi connectivity index (χ4n) is 3.13. The standard InChI is InChI=1S/C22H34ClFN3O10PS/c1-12(2)36-17(30)13(3)26-38(33,34-9-10-39-19(31)21(4,5)6)35-11-14-16(29)22(23,24)18(37-14)27-8-7-15(28)25-20(27)32/h7-8,12-14,16,18,29H,9-11H2,1-6H3,(H,26,33)(H,25,28,32)/t13?,14-,16-,18-,22+,38?/m1/s1. The lowest BCUT2D eigenvalue weighted by atomic mass is 10.00. The Hall–Kier alpha value is -1.58. The Bertz CT molecular complexity index is 1190. The third-order valence-electron chi connectivity index (χ3n) is 5.14. The lowest BCUT2D eigenvalue weighted by Crippen LogP contribution is -2.42. The minimum absolute atomic E-state index is 0.102. The van der Waals surface area contributed by atoms with E-state index < -0.39 is 72.7 Å². The van der Waals surface area contributed by atoms with E-state index >= 15 is 4.39 Å². The van der Waals surface area contributed by atoms with Crippen LogP contribution in [-0.4, -0.2) is 74.2 Å². The molecule has 0 spiro atoms. The summed E-state index contributed by atoms with van der Waals surface area (Å²) in [5, 5.41) is 9.70. The van der Waals surface area contributed by atoms with Crippen molar-refractivity contribution in [2.24, 2.45) is 5.41 Å². The van der Waals surface area contributed by atoms with Crippen LogP contribution in [0.4, 0.5) is 4.39 Å². The van der Waals surface area contributed by atoms with Gasteiger partial charge in [0.2, 0.25) is 0 Å². The molecule has 1 aliphatic heterocycles. The van der Waals surface area contributed by atoms with Crippen molar-refractivity contribution in [2.45, 2.75) is 77.3 Å². The number of aromatic nitrogens is 2. The molecule has 0 saturated carbocycles. The van der Waals surface area contributed by atoms with Gasteiger partial charge in [0, 0.05) is 23.4 Å². The van der Waals surface area contributed by atoms with Crippen molar-refractivity contribution in [1.29, 1.82) is 0 Å². The number of thioether (sulfide) groups is 1. The smallest absolute Gasteiger partial charge is 0.406 e. The first kappa shape index (κ1) is 33.6. The highest BCUT2D eigenvalue weighted by molar-refractivity contribution is 8.13. The van der Waals surface area contributed by atoms with Crippen LogP contribution >= 0.6 is 31.1 Å². The number of nitrogens with zero attached hydrogens (tertiary/aromatic N) is 1. The largest absolute Gasteiger partial charge is 0.462 e. The summed E-state index contributed by atoms with van der Waals surface area (Å²) in [5.41, 5.74) is -2.40. The number of esters is 1. The molecule has 3 N–H and O–H groups in total. The second-order valence-corrected chi connectivity index (χ2v) is 13.4. The Morgan fingerprint density at radius 2 is 1.97 bits per heavy atom. The molecule has 2 rings (SSSR count). The summed E-state index contributed by atoms with van der Waals surface area (Å²) in [4.78, 5) is 49.8. The van der Waals surface area contributed by atoms with E-state index in [1.54, 1.807) is 34.6 Å². The highest BCUT2D eigenvalue weighted by Gasteiger charge is 2.58. The Kier molecular flexibility index (Phi) is 11.5. The van der Waals surface area contributed by atoms with Gasteiger partial charge in [-0.25, -0.2) is 18.8 Å². The van der Waals surface area contributed by atoms with Gasteiger partial charge in [-0.05, 0) is 20.8 Å². The fourth-order valence-corrected chi connectivity index (χ4v) is 5.82. The first-order chi connectivity index (χ1) is 17.9. The maximum Gasteiger partial charge on any atom is 0.406 e. The second-order valence-electron chi connectivity index (χ2n) is 10.0. The molecule has 0 bridgehead atoms. The summed E-state index contributed by atoms with van der Waals surface area (Å²) in [6.45, 7) is 8.83. The molecule has 0 amide bonds. The predicted molar refractivity (Wildman–Crippen MR) is 141 cm³/mol. The SMILES string of the molecule is CC(C)OC(=O)C(C)NP(=O)(OCCSC(=O)C(C)(C)C)OC[C@H]1O[C@@H](n2ccc(=O)[nH]c2=O)[C@](F)(Cl)[C@@H]1O. The molecule has 0 aliphatic carbocycles. The number of ether oxygens (including phenoxy) is 2. The first-order valence-electron chi connectivity index (χ1n) is 11.9. The lowest BCUT2D eigenvalue weighted by Gasteiger charge is -2.25. The van der Waals surface area contributed by atoms with Gasteiger partial charge in [-0.3, -0.25) is 33.0 Å². The van der Waals surface area contributed by atoms with E-state index in [1.165, 1.54) is 6.92 Å². The molecular formula is C22H34ClFN3O10PS. The van der Waals surface area contributed by atoms with E-state index in [0.717, 1.165) is 24.0 Å². The van der Waals surface area contributed by atoms with Gasteiger partial charge >= 0.3 is 19.4 Å². The molecule has 2 unspecified atom stereocenters. The summed E-state index contributed by atoms with van der Waals surface area (Å²) in [5.74, 6) is -0.654. The molecule has 13 nitrogen and oxygen atoms in total. The molecule has 1 saturated heterocycles. The first-order valence-corrected chi connectivity index (χ1v) is 14.9. The number of carbonyl (C=O) groups is 2. The van der Waals surface area contributed by atoms with E-state index in [9.17, 15) is 28.8 Å². The predicted octanol–water partition coefficient (Wildman–Crippen LogP) is 2.08. The molecule has 0 aromatic carbocycles. The van der Waals surface area contributed by atoms with Gasteiger partial charge in [0.05, 0.1) is 19.3 Å². The van der Waals surface area contributed by atoms with E-state index in [0.29, 0.717) is 4.57 Å². The Balaban J connectivity index is 2.16. The maximum absolute atomic E-state index is 15.2. The zero-order valence-electron chi connectivity index (χ0n) is 22.3. The van der Waals surface area contributed by atoms with Gasteiger partial charge in [0.25, 0.3) is 10.7 Å². The number of nitrogens with one attached hydrogen (secondary N) is 2. The average Bonchev–Trinajstić information content (AvgIpc) is 3.03. The highest BCUT2D eigenvalue weighted by Crippen LogP contribution is 2.48. The van der Waals surface area contributed by atoms with Crippen LogP contribution in [0.5, 0.6) is 0 Å². The number of aromatic amines is 1. The topological polar surface area (TPSA) is 175 Å². The maximum atomic E-state index is 15.2. The van der Waals surface area contributed by atoms with Gasteiger partial charge in [-0.2, -0.15) is 0 Å². The molecule has 1 aromatic rings. The minimum atomic E-state index is -4.35. The number of halogens is 2. The van der Waals surface area contributed by atoms with Crippen molar-refractivity contribution >= 4 is 42.2 Å². The Morgan fingerprint density at radius 1 is 1.33 bits per heavy atom. The van der Waals surface area contributed by atoms with Crippen molar-refractivity contribution in [3.63, 3.8) is 0 Å². The third kappa shape index (κ3) is 9.22. The Morgan fingerprint density at radius 3 is 2.54 bits per heavy atom. The van der Waals surface area contributed by atoms with Crippen molar-refractivity contribution in [1.82, 2.24) is 14.6 Å². The molecule has 222 valence electrons. The van der Waals surface area contributed by atoms with Crippen molar-refractivity contribution < 1.29 is 42.2 Å². The van der Waals surface area contributed by atoms with Gasteiger partial charge in [0.15, 0.2) is 11.3 Å². The van der Waals surface area contributed by atoms with Gasteiger partial charge < -0.3 is 14.6 Å². The zero-order valence-corrected chi connectivity index (χ0v) is 24.8. The molecule has 1 aromatic heterocycles. The van der Waals surface area contributed by atoms with E-state index in [-0.39, 0.29) is 17.5 Å². The summed E-state index contributed by atoms with van der Waals surface area (Å²) in [6.07, 6.45) is -5.02. The van der Waals surface area contributed by atoms with Gasteiger partial charge in [-0.15, -0.1) is 0 Å². The average molecular weight is 618 g/mol. The third-order valence-corrected chi connectivity index (χ3v) is 8.51. The van der Waals surface area contributed by atoms with Crippen molar-refractivity contribution in [3.8, 4) is 0 Å². The van der Waals surface area contributed by atoms with Crippen molar-refractivity contribution in [2.75, 3.05) is 19.0 Å². The lowest BCUT2D eigenvalue weighted by molar-refractivity contribution is -0.149. The molecule has 2 heterocycles. The zero-order chi connectivity index (χ0) is 29.8. The van der Waals surface area contributed by atoms with E-state index in [1.807, 2.05) is 4.98 Å². The monoisotopic (exact) mass is 617 g/mol. The number of hydrogen-bond acceptors (Lipinski definition) is 11. The van der Waals surface area contributed by atoms with Gasteiger partial charge in [-0.1, -0.05) is 44.1 Å². The van der Waals surface area contributed by atoms with Crippen LogP contribution in [0.3, 0.4) is 0 Å². The van der Waals surface area contributed by atoms with Crippen LogP contribution in [0.2, 0.25) is 0 Å². The number of carbonyl (C=O) groups excluding carboxylic acids is 2. The fraction of sp³-hybridized carbons (Fsp3) is 0.727. The molecular weight excluding hydrogens is 584 g/mol. The molecule has 0 radical (unpaired) electrons. The molecule has 1 fully saturated rings. The summed E-state index contributed by atoms with van der Waals surface area (Å²) in [7, 11) is -4.35.